The van der Waals surface area contributed by atoms with E-state index in [1.54, 1.807) is 42.5 Å². The fourth-order valence-electron chi connectivity index (χ4n) is 5.70. The second kappa shape index (κ2) is 15.6. The zero-order valence-corrected chi connectivity index (χ0v) is 28.5. The number of hydrogen-bond acceptors (Lipinski definition) is 7. The molecule has 6 rings (SSSR count). The van der Waals surface area contributed by atoms with Crippen LogP contribution in [0.5, 0.6) is 11.5 Å². The van der Waals surface area contributed by atoms with Crippen LogP contribution >= 0.6 is 23.2 Å². The van der Waals surface area contributed by atoms with Crippen molar-refractivity contribution in [2.24, 2.45) is 17.3 Å². The van der Waals surface area contributed by atoms with Crippen molar-refractivity contribution < 1.29 is 28.2 Å². The first-order valence-corrected chi connectivity index (χ1v) is 16.2. The van der Waals surface area contributed by atoms with Crippen LogP contribution in [0.3, 0.4) is 0 Å². The van der Waals surface area contributed by atoms with Gasteiger partial charge in [-0.25, -0.2) is 18.4 Å². The monoisotopic (exact) mass is 716 g/mol. The molecule has 4 aromatic carbocycles. The van der Waals surface area contributed by atoms with Gasteiger partial charge in [-0.1, -0.05) is 97.7 Å². The largest absolute Gasteiger partial charge is 0.457 e. The third-order valence-corrected chi connectivity index (χ3v) is 8.71. The van der Waals surface area contributed by atoms with Gasteiger partial charge < -0.3 is 14.6 Å². The average molecular weight is 718 g/mol. The standard InChI is InChI=1S/C22H19Cl2NO3.C16H13F2N3O/c1-22(2)17(12-19(23)24)20(22)21(26)28-18(13-25)14-7-6-10-16(11-14)27-15-8-4-3-5-9-15;17-13-7-5-12(6-8-13)16(22,9-21-11-19-10-20-21)14-3-1-2-4-15(14)18/h3-12,17-18,20H,1-2H3;1-8,10-11,22H,9H2. The lowest BCUT2D eigenvalue weighted by Crippen LogP contribution is -2.34. The molecule has 256 valence electrons. The number of esters is 1. The fraction of sp³-hybridized carbons (Fsp3) is 0.211. The SMILES string of the molecule is CC1(C)C(C=C(Cl)Cl)C1C(=O)OC(C#N)c1cccc(Oc2ccccc2)c1.OC(Cn1cncn1)(c1ccc(F)cc1)c1ccccc1F. The molecule has 1 aromatic heterocycles. The molecule has 1 saturated carbocycles. The molecule has 0 radical (unpaired) electrons. The summed E-state index contributed by atoms with van der Waals surface area (Å²) < 4.78 is 40.1. The maximum absolute atomic E-state index is 14.2. The van der Waals surface area contributed by atoms with E-state index in [-0.39, 0.29) is 33.9 Å². The van der Waals surface area contributed by atoms with Crippen molar-refractivity contribution in [3.8, 4) is 17.6 Å². The molecule has 1 N–H and O–H groups in total. The van der Waals surface area contributed by atoms with E-state index in [1.807, 2.05) is 50.2 Å². The van der Waals surface area contributed by atoms with Gasteiger partial charge in [-0.05, 0) is 65.4 Å². The Hall–Kier alpha value is -5.08. The predicted octanol–water partition coefficient (Wildman–Crippen LogP) is 8.67. The van der Waals surface area contributed by atoms with Gasteiger partial charge in [0.15, 0.2) is 0 Å². The number of ether oxygens (including phenoxy) is 2. The number of rotatable bonds is 10. The van der Waals surface area contributed by atoms with Crippen molar-refractivity contribution in [1.29, 1.82) is 5.26 Å². The summed E-state index contributed by atoms with van der Waals surface area (Å²) in [5.74, 6) is -0.688. The quantitative estimate of drug-likeness (QED) is 0.144. The highest BCUT2D eigenvalue weighted by molar-refractivity contribution is 6.55. The van der Waals surface area contributed by atoms with Crippen LogP contribution in [0.4, 0.5) is 8.78 Å². The number of allylic oxidation sites excluding steroid dienone is 1. The highest BCUT2D eigenvalue weighted by Gasteiger charge is 2.62. The number of benzene rings is 4. The van der Waals surface area contributed by atoms with E-state index in [1.165, 1.54) is 53.7 Å². The molecule has 1 aliphatic rings. The van der Waals surface area contributed by atoms with Crippen molar-refractivity contribution >= 4 is 29.2 Å². The van der Waals surface area contributed by atoms with Gasteiger partial charge in [-0.2, -0.15) is 10.4 Å². The third kappa shape index (κ3) is 8.55. The topological polar surface area (TPSA) is 110 Å². The molecule has 50 heavy (non-hydrogen) atoms. The molecule has 5 aromatic rings. The van der Waals surface area contributed by atoms with Gasteiger partial charge in [0.2, 0.25) is 6.10 Å². The summed E-state index contributed by atoms with van der Waals surface area (Å²) in [5.41, 5.74) is -0.992. The van der Waals surface area contributed by atoms with Gasteiger partial charge in [0.25, 0.3) is 0 Å². The number of nitriles is 1. The molecule has 0 aliphatic heterocycles. The Morgan fingerprint density at radius 3 is 2.34 bits per heavy atom. The van der Waals surface area contributed by atoms with Crippen LogP contribution in [0.1, 0.15) is 36.6 Å². The van der Waals surface area contributed by atoms with Crippen molar-refractivity contribution in [3.05, 3.63) is 155 Å². The molecular weight excluding hydrogens is 685 g/mol. The van der Waals surface area contributed by atoms with Crippen LogP contribution < -0.4 is 4.74 Å². The van der Waals surface area contributed by atoms with Gasteiger partial charge in [0, 0.05) is 11.1 Å². The molecule has 12 heteroatoms. The molecular formula is C38H32Cl2F2N4O4. The number of carbonyl (C=O) groups excluding carboxylic acids is 1. The molecule has 1 fully saturated rings. The summed E-state index contributed by atoms with van der Waals surface area (Å²) in [6.07, 6.45) is 3.37. The smallest absolute Gasteiger partial charge is 0.311 e. The first kappa shape index (κ1) is 36.2. The second-order valence-electron chi connectivity index (χ2n) is 12.2. The Labute approximate surface area is 298 Å². The maximum Gasteiger partial charge on any atom is 0.311 e. The average Bonchev–Trinajstić information content (AvgIpc) is 3.35. The van der Waals surface area contributed by atoms with E-state index < -0.39 is 29.3 Å². The summed E-state index contributed by atoms with van der Waals surface area (Å²) in [6.45, 7) is 3.83. The molecule has 0 bridgehead atoms. The normalized spacial score (nSPS) is 17.5. The Bertz CT molecular complexity index is 1980. The number of hydrogen-bond donors (Lipinski definition) is 1. The van der Waals surface area contributed by atoms with E-state index in [2.05, 4.69) is 10.1 Å². The molecule has 1 aliphatic carbocycles. The van der Waals surface area contributed by atoms with Crippen LogP contribution in [-0.2, 0) is 21.7 Å². The van der Waals surface area contributed by atoms with Crippen molar-refractivity contribution in [1.82, 2.24) is 14.8 Å². The number of carbonyl (C=O) groups is 1. The summed E-state index contributed by atoms with van der Waals surface area (Å²) in [5, 5.41) is 24.6. The highest BCUT2D eigenvalue weighted by atomic mass is 35.5. The second-order valence-corrected chi connectivity index (χ2v) is 13.2. The highest BCUT2D eigenvalue weighted by Crippen LogP contribution is 2.60. The molecule has 8 nitrogen and oxygen atoms in total. The Kier molecular flexibility index (Phi) is 11.3. The summed E-state index contributed by atoms with van der Waals surface area (Å²) in [4.78, 5) is 16.4. The lowest BCUT2D eigenvalue weighted by molar-refractivity contribution is -0.149. The van der Waals surface area contributed by atoms with Crippen molar-refractivity contribution in [2.45, 2.75) is 32.1 Å². The molecule has 0 spiro atoms. The zero-order valence-electron chi connectivity index (χ0n) is 27.0. The number of para-hydroxylation sites is 1. The molecule has 4 atom stereocenters. The summed E-state index contributed by atoms with van der Waals surface area (Å²) in [6, 6.07) is 29.5. The molecule has 4 unspecified atom stereocenters. The van der Waals surface area contributed by atoms with Gasteiger partial charge in [0.1, 0.15) is 51.9 Å². The van der Waals surface area contributed by atoms with Crippen molar-refractivity contribution in [3.63, 3.8) is 0 Å². The number of aromatic nitrogens is 3. The van der Waals surface area contributed by atoms with Crippen molar-refractivity contribution in [2.75, 3.05) is 0 Å². The molecule has 1 heterocycles. The van der Waals surface area contributed by atoms with Gasteiger partial charge in [-0.3, -0.25) is 4.79 Å². The first-order valence-electron chi connectivity index (χ1n) is 15.4. The Morgan fingerprint density at radius 2 is 1.70 bits per heavy atom. The fourth-order valence-corrected chi connectivity index (χ4v) is 5.97. The van der Waals surface area contributed by atoms with E-state index in [0.29, 0.717) is 22.6 Å². The molecule has 0 amide bonds. The van der Waals surface area contributed by atoms with Crippen LogP contribution in [0, 0.1) is 40.2 Å². The summed E-state index contributed by atoms with van der Waals surface area (Å²) in [7, 11) is 0. The summed E-state index contributed by atoms with van der Waals surface area (Å²) >= 11 is 11.5. The van der Waals surface area contributed by atoms with Crippen LogP contribution in [0.15, 0.2) is 126 Å². The Morgan fingerprint density at radius 1 is 1.02 bits per heavy atom. The minimum Gasteiger partial charge on any atom is -0.457 e. The van der Waals surface area contributed by atoms with E-state index >= 15 is 0 Å². The lowest BCUT2D eigenvalue weighted by atomic mass is 9.86. The minimum absolute atomic E-state index is 0.0421. The Balaban J connectivity index is 0.000000200. The minimum atomic E-state index is -1.69. The third-order valence-electron chi connectivity index (χ3n) is 8.46. The zero-order chi connectivity index (χ0) is 35.9. The predicted molar refractivity (Wildman–Crippen MR) is 184 cm³/mol. The van der Waals surface area contributed by atoms with E-state index in [4.69, 9.17) is 32.7 Å². The van der Waals surface area contributed by atoms with Gasteiger partial charge >= 0.3 is 5.97 Å². The van der Waals surface area contributed by atoms with Crippen LogP contribution in [0.2, 0.25) is 0 Å². The van der Waals surface area contributed by atoms with Gasteiger partial charge in [0.05, 0.1) is 12.5 Å². The van der Waals surface area contributed by atoms with Crippen LogP contribution in [-0.4, -0.2) is 25.8 Å². The van der Waals surface area contributed by atoms with Crippen LogP contribution in [0.25, 0.3) is 0 Å². The number of aliphatic hydroxyl groups is 1. The first-order chi connectivity index (χ1) is 23.9. The maximum atomic E-state index is 14.2. The number of halogens is 4. The molecule has 0 saturated heterocycles. The lowest BCUT2D eigenvalue weighted by Gasteiger charge is -2.29. The van der Waals surface area contributed by atoms with E-state index in [9.17, 15) is 23.9 Å². The van der Waals surface area contributed by atoms with E-state index in [0.717, 1.165) is 0 Å². The van der Waals surface area contributed by atoms with Gasteiger partial charge in [-0.15, -0.1) is 0 Å². The number of nitrogens with zero attached hydrogens (tertiary/aromatic N) is 4.